The molecular formula is C21H29N3O2. The van der Waals surface area contributed by atoms with E-state index < -0.39 is 10.8 Å². The Morgan fingerprint density at radius 3 is 2.69 bits per heavy atom. The first-order chi connectivity index (χ1) is 12.3. The molecule has 0 saturated heterocycles. The summed E-state index contributed by atoms with van der Waals surface area (Å²) in [5.41, 5.74) is 1.21. The molecule has 0 bridgehead atoms. The molecule has 2 amide bonds. The second-order valence-electron chi connectivity index (χ2n) is 8.08. The lowest BCUT2D eigenvalue weighted by Gasteiger charge is -2.40. The maximum atomic E-state index is 13.1. The number of aromatic nitrogens is 1. The van der Waals surface area contributed by atoms with Gasteiger partial charge in [0.25, 0.3) is 0 Å². The molecule has 1 aromatic heterocycles. The molecule has 0 spiro atoms. The fourth-order valence-electron chi connectivity index (χ4n) is 4.34. The zero-order valence-electron chi connectivity index (χ0n) is 16.1. The van der Waals surface area contributed by atoms with E-state index in [1.165, 1.54) is 0 Å². The number of carbonyl (C=O) groups excluding carboxylic acids is 2. The molecule has 26 heavy (non-hydrogen) atoms. The van der Waals surface area contributed by atoms with E-state index in [2.05, 4.69) is 15.6 Å². The van der Waals surface area contributed by atoms with Gasteiger partial charge in [0.15, 0.2) is 0 Å². The zero-order chi connectivity index (χ0) is 18.9. The van der Waals surface area contributed by atoms with Crippen LogP contribution in [0.15, 0.2) is 30.5 Å². The van der Waals surface area contributed by atoms with Crippen molar-refractivity contribution in [2.45, 2.75) is 47.1 Å². The van der Waals surface area contributed by atoms with Gasteiger partial charge in [0, 0.05) is 36.1 Å². The molecule has 1 saturated carbocycles. The number of carbonyl (C=O) groups is 2. The summed E-state index contributed by atoms with van der Waals surface area (Å²) >= 11 is 0. The van der Waals surface area contributed by atoms with Crippen molar-refractivity contribution >= 4 is 22.7 Å². The fraction of sp³-hybridized carbons (Fsp3) is 0.524. The first kappa shape index (κ1) is 18.5. The molecule has 1 fully saturated rings. The summed E-state index contributed by atoms with van der Waals surface area (Å²) in [5.74, 6) is -0.0424. The molecule has 1 aromatic carbocycles. The topological polar surface area (TPSA) is 74.0 Å². The SMILES string of the molecule is CCNC(=O)[C@@H]1CC[C@](C)(C(=O)NCc2cccc3[nH]ccc23)C1(C)C. The van der Waals surface area contributed by atoms with Crippen molar-refractivity contribution in [3.63, 3.8) is 0 Å². The van der Waals surface area contributed by atoms with Gasteiger partial charge in [0.05, 0.1) is 5.41 Å². The summed E-state index contributed by atoms with van der Waals surface area (Å²) in [5, 5.41) is 7.18. The summed E-state index contributed by atoms with van der Waals surface area (Å²) < 4.78 is 0. The normalized spacial score (nSPS) is 24.5. The minimum absolute atomic E-state index is 0.0295. The van der Waals surface area contributed by atoms with E-state index in [1.54, 1.807) is 0 Å². The second kappa shape index (κ2) is 6.78. The Kier molecular flexibility index (Phi) is 4.82. The van der Waals surface area contributed by atoms with Crippen LogP contribution in [0, 0.1) is 16.7 Å². The number of rotatable bonds is 5. The monoisotopic (exact) mass is 355 g/mol. The van der Waals surface area contributed by atoms with Crippen LogP contribution in [-0.2, 0) is 16.1 Å². The molecule has 140 valence electrons. The lowest BCUT2D eigenvalue weighted by Crippen LogP contribution is -2.49. The first-order valence-electron chi connectivity index (χ1n) is 9.42. The van der Waals surface area contributed by atoms with Crippen LogP contribution in [0.1, 0.15) is 46.1 Å². The van der Waals surface area contributed by atoms with E-state index in [0.717, 1.165) is 29.3 Å². The average Bonchev–Trinajstić information content (AvgIpc) is 3.16. The second-order valence-corrected chi connectivity index (χ2v) is 8.08. The maximum absolute atomic E-state index is 13.1. The fourth-order valence-corrected chi connectivity index (χ4v) is 4.34. The highest BCUT2D eigenvalue weighted by atomic mass is 16.2. The Balaban J connectivity index is 1.75. The largest absolute Gasteiger partial charge is 0.361 e. The average molecular weight is 355 g/mol. The van der Waals surface area contributed by atoms with Crippen LogP contribution in [0.2, 0.25) is 0 Å². The van der Waals surface area contributed by atoms with Gasteiger partial charge in [-0.05, 0) is 42.9 Å². The molecule has 0 unspecified atom stereocenters. The molecule has 5 nitrogen and oxygen atoms in total. The van der Waals surface area contributed by atoms with E-state index >= 15 is 0 Å². The van der Waals surface area contributed by atoms with Crippen LogP contribution < -0.4 is 10.6 Å². The lowest BCUT2D eigenvalue weighted by molar-refractivity contribution is -0.139. The third-order valence-corrected chi connectivity index (χ3v) is 6.52. The van der Waals surface area contributed by atoms with Crippen molar-refractivity contribution in [1.29, 1.82) is 0 Å². The smallest absolute Gasteiger partial charge is 0.226 e. The van der Waals surface area contributed by atoms with Gasteiger partial charge in [0.2, 0.25) is 11.8 Å². The minimum Gasteiger partial charge on any atom is -0.361 e. The number of aromatic amines is 1. The number of nitrogens with one attached hydrogen (secondary N) is 3. The molecule has 3 N–H and O–H groups in total. The van der Waals surface area contributed by atoms with Crippen molar-refractivity contribution in [2.24, 2.45) is 16.7 Å². The Labute approximate surface area is 154 Å². The quantitative estimate of drug-likeness (QED) is 0.769. The first-order valence-corrected chi connectivity index (χ1v) is 9.42. The van der Waals surface area contributed by atoms with Crippen LogP contribution in [0.4, 0.5) is 0 Å². The van der Waals surface area contributed by atoms with E-state index in [-0.39, 0.29) is 17.7 Å². The summed E-state index contributed by atoms with van der Waals surface area (Å²) in [6.45, 7) is 9.13. The molecule has 2 aromatic rings. The van der Waals surface area contributed by atoms with Crippen molar-refractivity contribution in [1.82, 2.24) is 15.6 Å². The standard InChI is InChI=1S/C21H29N3O2/c1-5-22-18(25)16-9-11-21(4,20(16,2)3)19(26)24-13-14-7-6-8-17-15(14)10-12-23-17/h6-8,10,12,16,23H,5,9,11,13H2,1-4H3,(H,22,25)(H,24,26)/t16-,21+/m0/s1. The highest BCUT2D eigenvalue weighted by molar-refractivity contribution is 5.88. The Morgan fingerprint density at radius 1 is 1.19 bits per heavy atom. The summed E-state index contributed by atoms with van der Waals surface area (Å²) in [6, 6.07) is 8.09. The molecule has 0 radical (unpaired) electrons. The van der Waals surface area contributed by atoms with Gasteiger partial charge < -0.3 is 15.6 Å². The summed E-state index contributed by atoms with van der Waals surface area (Å²) in [4.78, 5) is 28.7. The number of benzene rings is 1. The zero-order valence-corrected chi connectivity index (χ0v) is 16.1. The van der Waals surface area contributed by atoms with Crippen LogP contribution >= 0.6 is 0 Å². The van der Waals surface area contributed by atoms with Gasteiger partial charge >= 0.3 is 0 Å². The lowest BCUT2D eigenvalue weighted by atomic mass is 9.65. The highest BCUT2D eigenvalue weighted by Crippen LogP contribution is 2.56. The van der Waals surface area contributed by atoms with Crippen molar-refractivity contribution in [3.8, 4) is 0 Å². The van der Waals surface area contributed by atoms with Gasteiger partial charge in [-0.15, -0.1) is 0 Å². The van der Waals surface area contributed by atoms with Crippen LogP contribution in [0.3, 0.4) is 0 Å². The van der Waals surface area contributed by atoms with Gasteiger partial charge in [-0.1, -0.05) is 32.9 Å². The predicted molar refractivity (Wildman–Crippen MR) is 103 cm³/mol. The number of hydrogen-bond acceptors (Lipinski definition) is 2. The van der Waals surface area contributed by atoms with E-state index in [9.17, 15) is 9.59 Å². The molecule has 5 heteroatoms. The van der Waals surface area contributed by atoms with Crippen molar-refractivity contribution < 1.29 is 9.59 Å². The molecular weight excluding hydrogens is 326 g/mol. The summed E-state index contributed by atoms with van der Waals surface area (Å²) in [6.07, 6.45) is 3.38. The molecule has 1 aliphatic rings. The van der Waals surface area contributed by atoms with Crippen LogP contribution in [0.5, 0.6) is 0 Å². The van der Waals surface area contributed by atoms with Gasteiger partial charge in [-0.2, -0.15) is 0 Å². The molecule has 2 atom stereocenters. The van der Waals surface area contributed by atoms with Gasteiger partial charge in [-0.25, -0.2) is 0 Å². The van der Waals surface area contributed by atoms with E-state index in [1.807, 2.05) is 58.2 Å². The third kappa shape index (κ3) is 2.89. The van der Waals surface area contributed by atoms with Gasteiger partial charge in [0.1, 0.15) is 0 Å². The Bertz CT molecular complexity index is 824. The Morgan fingerprint density at radius 2 is 1.96 bits per heavy atom. The molecule has 1 heterocycles. The highest BCUT2D eigenvalue weighted by Gasteiger charge is 2.57. The number of amides is 2. The molecule has 1 aliphatic carbocycles. The van der Waals surface area contributed by atoms with Crippen LogP contribution in [0.25, 0.3) is 10.9 Å². The molecule has 3 rings (SSSR count). The number of H-pyrrole nitrogens is 1. The van der Waals surface area contributed by atoms with Crippen LogP contribution in [-0.4, -0.2) is 23.3 Å². The number of hydrogen-bond donors (Lipinski definition) is 3. The maximum Gasteiger partial charge on any atom is 0.226 e. The van der Waals surface area contributed by atoms with E-state index in [0.29, 0.717) is 13.1 Å². The molecule has 0 aliphatic heterocycles. The van der Waals surface area contributed by atoms with Crippen molar-refractivity contribution in [3.05, 3.63) is 36.0 Å². The van der Waals surface area contributed by atoms with Gasteiger partial charge in [-0.3, -0.25) is 9.59 Å². The third-order valence-electron chi connectivity index (χ3n) is 6.52. The number of fused-ring (bicyclic) bond motifs is 1. The van der Waals surface area contributed by atoms with Crippen molar-refractivity contribution in [2.75, 3.05) is 6.54 Å². The van der Waals surface area contributed by atoms with E-state index in [4.69, 9.17) is 0 Å². The minimum atomic E-state index is -0.561. The Hall–Kier alpha value is -2.30. The summed E-state index contributed by atoms with van der Waals surface area (Å²) in [7, 11) is 0. The predicted octanol–water partition coefficient (Wildman–Crippen LogP) is 3.36.